The average Bonchev–Trinajstić information content (AvgIpc) is 2.88. The maximum atomic E-state index is 10.6. The smallest absolute Gasteiger partial charge is 0.475 e. The van der Waals surface area contributed by atoms with Gasteiger partial charge < -0.3 is 15.3 Å². The number of aliphatic carboxylic acids is 1. The van der Waals surface area contributed by atoms with Crippen LogP contribution in [0.25, 0.3) is 11.5 Å². The summed E-state index contributed by atoms with van der Waals surface area (Å²) < 4.78 is 37.1. The molecule has 2 aromatic rings. The Morgan fingerprint density at radius 2 is 1.81 bits per heavy atom. The first-order valence-electron chi connectivity index (χ1n) is 5.27. The van der Waals surface area contributed by atoms with Crippen LogP contribution in [0, 0.1) is 0 Å². The minimum absolute atomic E-state index is 0.523. The number of hydrogen-bond acceptors (Lipinski definition) is 6. The number of alkyl halides is 3. The van der Waals surface area contributed by atoms with E-state index < -0.39 is 12.1 Å². The van der Waals surface area contributed by atoms with Crippen molar-refractivity contribution >= 4 is 23.4 Å². The number of rotatable bonds is 2. The molecular weight excluding hydrogens is 311 g/mol. The molecule has 0 bridgehead atoms. The predicted molar refractivity (Wildman–Crippen MR) is 69.6 cm³/mol. The molecule has 1 aromatic carbocycles. The molecule has 0 amide bonds. The molecule has 0 spiro atoms. The second-order valence-electron chi connectivity index (χ2n) is 3.50. The Balaban J connectivity index is 0.000000270. The number of thioether (sulfide) groups is 1. The average molecular weight is 321 g/mol. The number of benzene rings is 1. The standard InChI is InChI=1S/C9H9N3OS.C2HF3O2/c1-14-9-12-11-8(13-9)6-2-4-7(10)5-3-6;3-2(4,5)1(6)7/h2-5H,10H2,1H3;(H,6,7). The zero-order valence-electron chi connectivity index (χ0n) is 10.6. The van der Waals surface area contributed by atoms with E-state index in [1.165, 1.54) is 11.8 Å². The highest BCUT2D eigenvalue weighted by Gasteiger charge is 2.38. The number of anilines is 1. The fraction of sp³-hybridized carbons (Fsp3) is 0.182. The van der Waals surface area contributed by atoms with Gasteiger partial charge in [0.25, 0.3) is 5.22 Å². The largest absolute Gasteiger partial charge is 0.490 e. The lowest BCUT2D eigenvalue weighted by Crippen LogP contribution is -2.21. The molecule has 6 nitrogen and oxygen atoms in total. The van der Waals surface area contributed by atoms with Gasteiger partial charge in [-0.2, -0.15) is 13.2 Å². The van der Waals surface area contributed by atoms with E-state index in [0.29, 0.717) is 11.1 Å². The molecule has 0 fully saturated rings. The van der Waals surface area contributed by atoms with E-state index in [1.807, 2.05) is 18.4 Å². The first-order valence-corrected chi connectivity index (χ1v) is 6.50. The summed E-state index contributed by atoms with van der Waals surface area (Å²) in [7, 11) is 0. The summed E-state index contributed by atoms with van der Waals surface area (Å²) in [6, 6.07) is 7.32. The molecule has 0 aliphatic heterocycles. The number of aromatic nitrogens is 2. The normalized spacial score (nSPS) is 10.7. The Morgan fingerprint density at radius 1 is 1.29 bits per heavy atom. The van der Waals surface area contributed by atoms with Crippen LogP contribution >= 0.6 is 11.8 Å². The molecule has 1 aromatic heterocycles. The van der Waals surface area contributed by atoms with E-state index in [4.69, 9.17) is 20.1 Å². The Hall–Kier alpha value is -2.23. The fourth-order valence-corrected chi connectivity index (χ4v) is 1.32. The summed E-state index contributed by atoms with van der Waals surface area (Å²) in [5, 5.41) is 15.4. The van der Waals surface area contributed by atoms with E-state index >= 15 is 0 Å². The van der Waals surface area contributed by atoms with E-state index in [0.717, 1.165) is 11.3 Å². The Morgan fingerprint density at radius 3 is 2.19 bits per heavy atom. The molecule has 0 aliphatic rings. The molecule has 0 aliphatic carbocycles. The minimum atomic E-state index is -5.08. The lowest BCUT2D eigenvalue weighted by Gasteiger charge is -1.94. The predicted octanol–water partition coefficient (Wildman–Crippen LogP) is 2.67. The van der Waals surface area contributed by atoms with Gasteiger partial charge in [0.2, 0.25) is 5.89 Å². The molecule has 1 heterocycles. The summed E-state index contributed by atoms with van der Waals surface area (Å²) in [6.45, 7) is 0. The number of hydrogen-bond donors (Lipinski definition) is 2. The van der Waals surface area contributed by atoms with Crippen molar-refractivity contribution in [2.45, 2.75) is 11.4 Å². The van der Waals surface area contributed by atoms with Crippen molar-refractivity contribution in [1.29, 1.82) is 0 Å². The summed E-state index contributed by atoms with van der Waals surface area (Å²) >= 11 is 1.42. The molecule has 10 heteroatoms. The van der Waals surface area contributed by atoms with Gasteiger partial charge in [0.1, 0.15) is 0 Å². The zero-order valence-corrected chi connectivity index (χ0v) is 11.4. The summed E-state index contributed by atoms with van der Waals surface area (Å²) in [5.41, 5.74) is 7.17. The van der Waals surface area contributed by atoms with Gasteiger partial charge in [-0.1, -0.05) is 11.8 Å². The number of nitrogens with zero attached hydrogens (tertiary/aromatic N) is 2. The van der Waals surface area contributed by atoms with Crippen molar-refractivity contribution in [2.24, 2.45) is 0 Å². The van der Waals surface area contributed by atoms with E-state index in [9.17, 15) is 13.2 Å². The Labute approximate surface area is 121 Å². The molecule has 2 rings (SSSR count). The van der Waals surface area contributed by atoms with Gasteiger partial charge in [-0.15, -0.1) is 10.2 Å². The molecule has 0 saturated heterocycles. The molecule has 3 N–H and O–H groups in total. The number of nitrogen functional groups attached to an aromatic ring is 1. The number of carboxylic acids is 1. The van der Waals surface area contributed by atoms with Crippen molar-refractivity contribution in [1.82, 2.24) is 10.2 Å². The van der Waals surface area contributed by atoms with Crippen molar-refractivity contribution in [3.05, 3.63) is 24.3 Å². The van der Waals surface area contributed by atoms with Gasteiger partial charge >= 0.3 is 12.1 Å². The van der Waals surface area contributed by atoms with Crippen LogP contribution in [0.1, 0.15) is 0 Å². The van der Waals surface area contributed by atoms with Crippen LogP contribution in [-0.2, 0) is 4.79 Å². The number of carbonyl (C=O) groups is 1. The molecule has 114 valence electrons. The summed E-state index contributed by atoms with van der Waals surface area (Å²) in [4.78, 5) is 8.90. The first-order chi connectivity index (χ1) is 9.74. The van der Waals surface area contributed by atoms with Crippen LogP contribution in [0.5, 0.6) is 0 Å². The maximum absolute atomic E-state index is 10.6. The van der Waals surface area contributed by atoms with E-state index in [-0.39, 0.29) is 0 Å². The van der Waals surface area contributed by atoms with Crippen molar-refractivity contribution in [3.63, 3.8) is 0 Å². The molecule has 21 heavy (non-hydrogen) atoms. The molecule has 0 saturated carbocycles. The number of halogens is 3. The van der Waals surface area contributed by atoms with Gasteiger partial charge in [0.15, 0.2) is 0 Å². The van der Waals surface area contributed by atoms with Crippen molar-refractivity contribution in [3.8, 4) is 11.5 Å². The SMILES string of the molecule is CSc1nnc(-c2ccc(N)cc2)o1.O=C(O)C(F)(F)F. The second kappa shape index (κ2) is 6.97. The molecule has 0 unspecified atom stereocenters. The second-order valence-corrected chi connectivity index (χ2v) is 4.26. The highest BCUT2D eigenvalue weighted by molar-refractivity contribution is 7.98. The third-order valence-corrected chi connectivity index (χ3v) is 2.50. The Kier molecular flexibility index (Phi) is 5.59. The van der Waals surface area contributed by atoms with Crippen LogP contribution < -0.4 is 5.73 Å². The molecular formula is C11H10F3N3O3S. The van der Waals surface area contributed by atoms with Crippen LogP contribution in [0.3, 0.4) is 0 Å². The Bertz CT molecular complexity index is 599. The van der Waals surface area contributed by atoms with E-state index in [1.54, 1.807) is 12.1 Å². The molecule has 0 atom stereocenters. The zero-order chi connectivity index (χ0) is 16.0. The monoisotopic (exact) mass is 321 g/mol. The number of carboxylic acid groups (broad SMARTS) is 1. The van der Waals surface area contributed by atoms with Crippen LogP contribution in [0.15, 0.2) is 33.9 Å². The lowest BCUT2D eigenvalue weighted by molar-refractivity contribution is -0.192. The van der Waals surface area contributed by atoms with Crippen molar-refractivity contribution < 1.29 is 27.5 Å². The van der Waals surface area contributed by atoms with E-state index in [2.05, 4.69) is 10.2 Å². The van der Waals surface area contributed by atoms with Crippen LogP contribution in [0.4, 0.5) is 18.9 Å². The quantitative estimate of drug-likeness (QED) is 0.647. The minimum Gasteiger partial charge on any atom is -0.475 e. The van der Waals surface area contributed by atoms with Gasteiger partial charge in [-0.25, -0.2) is 4.79 Å². The highest BCUT2D eigenvalue weighted by atomic mass is 32.2. The van der Waals surface area contributed by atoms with Gasteiger partial charge in [-0.05, 0) is 30.5 Å². The fourth-order valence-electron chi connectivity index (χ4n) is 1.03. The molecule has 0 radical (unpaired) electrons. The first kappa shape index (κ1) is 16.8. The summed E-state index contributed by atoms with van der Waals surface area (Å²) in [6.07, 6.45) is -3.19. The van der Waals surface area contributed by atoms with Gasteiger partial charge in [0.05, 0.1) is 0 Å². The maximum Gasteiger partial charge on any atom is 0.490 e. The van der Waals surface area contributed by atoms with Crippen molar-refractivity contribution in [2.75, 3.05) is 12.0 Å². The topological polar surface area (TPSA) is 102 Å². The van der Waals surface area contributed by atoms with Crippen LogP contribution in [0.2, 0.25) is 0 Å². The third-order valence-electron chi connectivity index (χ3n) is 1.98. The third kappa shape index (κ3) is 5.34. The number of nitrogens with two attached hydrogens (primary N) is 1. The van der Waals surface area contributed by atoms with Gasteiger partial charge in [-0.3, -0.25) is 0 Å². The lowest BCUT2D eigenvalue weighted by atomic mass is 10.2. The highest BCUT2D eigenvalue weighted by Crippen LogP contribution is 2.22. The summed E-state index contributed by atoms with van der Waals surface area (Å²) in [5.74, 6) is -2.23. The van der Waals surface area contributed by atoms with Crippen LogP contribution in [-0.4, -0.2) is 33.7 Å². The van der Waals surface area contributed by atoms with Gasteiger partial charge in [0, 0.05) is 11.3 Å².